The number of amides is 2. The molecule has 3 N–H and O–H groups in total. The molecule has 1 fully saturated rings. The Kier molecular flexibility index (Phi) is 4.88. The fourth-order valence-corrected chi connectivity index (χ4v) is 2.96. The number of hydrogen-bond donors (Lipinski definition) is 3. The van der Waals surface area contributed by atoms with Crippen LogP contribution < -0.4 is 10.6 Å². The van der Waals surface area contributed by atoms with Crippen LogP contribution in [0.4, 0.5) is 10.5 Å². The van der Waals surface area contributed by atoms with Gasteiger partial charge in [-0.1, -0.05) is 19.1 Å². The number of nitrogens with one attached hydrogen (secondary N) is 2. The molecule has 0 unspecified atom stereocenters. The quantitative estimate of drug-likeness (QED) is 0.775. The maximum absolute atomic E-state index is 12.1. The number of carboxylic acid groups (broad SMARTS) is 1. The second-order valence-corrected chi connectivity index (χ2v) is 6.48. The summed E-state index contributed by atoms with van der Waals surface area (Å²) in [5, 5.41) is 14.8. The molecule has 1 aliphatic carbocycles. The molecule has 0 aromatic heterocycles. The molecular formula is C15H19BrN2O3. The summed E-state index contributed by atoms with van der Waals surface area (Å²) in [7, 11) is 0. The molecule has 0 aliphatic heterocycles. The Balaban J connectivity index is 2.06. The normalized spacial score (nSPS) is 25.1. The first-order chi connectivity index (χ1) is 9.93. The van der Waals surface area contributed by atoms with Gasteiger partial charge in [0.2, 0.25) is 0 Å². The number of carbonyl (C=O) groups is 2. The zero-order valence-corrected chi connectivity index (χ0v) is 13.4. The molecule has 1 aromatic carbocycles. The van der Waals surface area contributed by atoms with E-state index in [1.807, 2.05) is 12.1 Å². The van der Waals surface area contributed by atoms with Crippen LogP contribution in [-0.2, 0) is 4.79 Å². The van der Waals surface area contributed by atoms with Crippen LogP contribution in [0.5, 0.6) is 0 Å². The summed E-state index contributed by atoms with van der Waals surface area (Å²) in [6, 6.07) is 6.72. The molecule has 2 amide bonds. The van der Waals surface area contributed by atoms with Gasteiger partial charge in [-0.25, -0.2) is 9.59 Å². The van der Waals surface area contributed by atoms with Crippen LogP contribution in [0.15, 0.2) is 28.7 Å². The van der Waals surface area contributed by atoms with Crippen LogP contribution in [0.25, 0.3) is 0 Å². The molecule has 2 rings (SSSR count). The van der Waals surface area contributed by atoms with Crippen molar-refractivity contribution in [2.24, 2.45) is 5.92 Å². The number of aliphatic carboxylic acids is 1. The first-order valence-electron chi connectivity index (χ1n) is 7.00. The highest BCUT2D eigenvalue weighted by Crippen LogP contribution is 2.32. The van der Waals surface area contributed by atoms with Crippen LogP contribution in [0.1, 0.15) is 32.6 Å². The minimum absolute atomic E-state index is 0.465. The van der Waals surface area contributed by atoms with Gasteiger partial charge in [-0.2, -0.15) is 0 Å². The fraction of sp³-hybridized carbons (Fsp3) is 0.467. The molecule has 0 atom stereocenters. The minimum atomic E-state index is -1.15. The van der Waals surface area contributed by atoms with Crippen LogP contribution in [0.2, 0.25) is 0 Å². The van der Waals surface area contributed by atoms with E-state index in [0.717, 1.165) is 17.3 Å². The van der Waals surface area contributed by atoms with Crippen LogP contribution in [0, 0.1) is 5.92 Å². The smallest absolute Gasteiger partial charge is 0.329 e. The largest absolute Gasteiger partial charge is 0.480 e. The lowest BCUT2D eigenvalue weighted by Gasteiger charge is -2.36. The second kappa shape index (κ2) is 6.47. The number of hydrogen-bond acceptors (Lipinski definition) is 2. The lowest BCUT2D eigenvalue weighted by atomic mass is 9.77. The van der Waals surface area contributed by atoms with E-state index in [-0.39, 0.29) is 0 Å². The molecule has 0 bridgehead atoms. The molecule has 5 nitrogen and oxygen atoms in total. The van der Waals surface area contributed by atoms with Crippen molar-refractivity contribution in [3.63, 3.8) is 0 Å². The third-order valence-electron chi connectivity index (χ3n) is 4.01. The zero-order valence-electron chi connectivity index (χ0n) is 11.9. The molecule has 6 heteroatoms. The Labute approximate surface area is 132 Å². The molecule has 0 spiro atoms. The summed E-state index contributed by atoms with van der Waals surface area (Å²) in [4.78, 5) is 23.7. The highest BCUT2D eigenvalue weighted by Gasteiger charge is 2.42. The number of benzene rings is 1. The number of urea groups is 1. The first-order valence-corrected chi connectivity index (χ1v) is 7.79. The molecule has 0 radical (unpaired) electrons. The number of rotatable bonds is 3. The van der Waals surface area contributed by atoms with Crippen LogP contribution in [-0.4, -0.2) is 22.6 Å². The number of carboxylic acids is 1. The Bertz CT molecular complexity index is 539. The van der Waals surface area contributed by atoms with E-state index in [4.69, 9.17) is 0 Å². The van der Waals surface area contributed by atoms with Crippen molar-refractivity contribution in [1.82, 2.24) is 5.32 Å². The Morgan fingerprint density at radius 1 is 1.29 bits per heavy atom. The predicted molar refractivity (Wildman–Crippen MR) is 84.3 cm³/mol. The van der Waals surface area contributed by atoms with E-state index in [2.05, 4.69) is 33.5 Å². The summed E-state index contributed by atoms with van der Waals surface area (Å²) in [6.45, 7) is 2.10. The van der Waals surface area contributed by atoms with Gasteiger partial charge in [0.05, 0.1) is 5.69 Å². The standard InChI is InChI=1S/C15H19BrN2O3/c1-10-6-8-15(9-7-10,13(19)20)18-14(21)17-12-5-3-2-4-11(12)16/h2-5,10H,6-9H2,1H3,(H,19,20)(H2,17,18,21). The van der Waals surface area contributed by atoms with Crippen molar-refractivity contribution < 1.29 is 14.7 Å². The molecule has 1 aliphatic rings. The van der Waals surface area contributed by atoms with Crippen LogP contribution in [0.3, 0.4) is 0 Å². The molecular weight excluding hydrogens is 336 g/mol. The van der Waals surface area contributed by atoms with Gasteiger partial charge in [0.25, 0.3) is 0 Å². The van der Waals surface area contributed by atoms with Gasteiger partial charge in [-0.15, -0.1) is 0 Å². The summed E-state index contributed by atoms with van der Waals surface area (Å²) in [5.41, 5.74) is -0.544. The summed E-state index contributed by atoms with van der Waals surface area (Å²) in [5.74, 6) is -0.456. The van der Waals surface area contributed by atoms with E-state index >= 15 is 0 Å². The average Bonchev–Trinajstić information content (AvgIpc) is 2.44. The zero-order chi connectivity index (χ0) is 15.5. The van der Waals surface area contributed by atoms with Gasteiger partial charge in [0.15, 0.2) is 0 Å². The number of carbonyl (C=O) groups excluding carboxylic acids is 1. The molecule has 1 saturated carbocycles. The van der Waals surface area contributed by atoms with Gasteiger partial charge < -0.3 is 15.7 Å². The summed E-state index contributed by atoms with van der Waals surface area (Å²) in [6.07, 6.45) is 2.54. The molecule has 0 saturated heterocycles. The number of halogens is 1. The van der Waals surface area contributed by atoms with Crippen molar-refractivity contribution in [1.29, 1.82) is 0 Å². The summed E-state index contributed by atoms with van der Waals surface area (Å²) < 4.78 is 0.752. The summed E-state index contributed by atoms with van der Waals surface area (Å²) >= 11 is 3.34. The van der Waals surface area contributed by atoms with Crippen molar-refractivity contribution in [2.45, 2.75) is 38.1 Å². The second-order valence-electron chi connectivity index (χ2n) is 5.63. The lowest BCUT2D eigenvalue weighted by molar-refractivity contribution is -0.146. The third-order valence-corrected chi connectivity index (χ3v) is 4.70. The monoisotopic (exact) mass is 354 g/mol. The third kappa shape index (κ3) is 3.75. The van der Waals surface area contributed by atoms with E-state index in [1.54, 1.807) is 12.1 Å². The molecule has 114 valence electrons. The van der Waals surface area contributed by atoms with Gasteiger partial charge in [-0.3, -0.25) is 0 Å². The number of anilines is 1. The lowest BCUT2D eigenvalue weighted by Crippen LogP contribution is -2.57. The Morgan fingerprint density at radius 3 is 2.48 bits per heavy atom. The predicted octanol–water partition coefficient (Wildman–Crippen LogP) is 3.60. The van der Waals surface area contributed by atoms with E-state index in [9.17, 15) is 14.7 Å². The van der Waals surface area contributed by atoms with E-state index in [0.29, 0.717) is 24.4 Å². The van der Waals surface area contributed by atoms with Crippen molar-refractivity contribution in [3.05, 3.63) is 28.7 Å². The van der Waals surface area contributed by atoms with Crippen LogP contribution >= 0.6 is 15.9 Å². The maximum atomic E-state index is 12.1. The van der Waals surface area contributed by atoms with Crippen molar-refractivity contribution in [2.75, 3.05) is 5.32 Å². The average molecular weight is 355 g/mol. The Hall–Kier alpha value is -1.56. The Morgan fingerprint density at radius 2 is 1.90 bits per heavy atom. The van der Waals surface area contributed by atoms with E-state index in [1.165, 1.54) is 0 Å². The number of para-hydroxylation sites is 1. The minimum Gasteiger partial charge on any atom is -0.480 e. The van der Waals surface area contributed by atoms with E-state index < -0.39 is 17.5 Å². The maximum Gasteiger partial charge on any atom is 0.329 e. The molecule has 21 heavy (non-hydrogen) atoms. The highest BCUT2D eigenvalue weighted by atomic mass is 79.9. The molecule has 0 heterocycles. The van der Waals surface area contributed by atoms with Crippen molar-refractivity contribution >= 4 is 33.6 Å². The molecule has 1 aromatic rings. The van der Waals surface area contributed by atoms with Crippen molar-refractivity contribution in [3.8, 4) is 0 Å². The van der Waals surface area contributed by atoms with Gasteiger partial charge in [-0.05, 0) is 59.7 Å². The van der Waals surface area contributed by atoms with Gasteiger partial charge >= 0.3 is 12.0 Å². The first kappa shape index (κ1) is 15.8. The van der Waals surface area contributed by atoms with Gasteiger partial charge in [0.1, 0.15) is 5.54 Å². The fourth-order valence-electron chi connectivity index (χ4n) is 2.58. The highest BCUT2D eigenvalue weighted by molar-refractivity contribution is 9.10. The topological polar surface area (TPSA) is 78.4 Å². The van der Waals surface area contributed by atoms with Gasteiger partial charge in [0, 0.05) is 4.47 Å². The SMILES string of the molecule is CC1CCC(NC(=O)Nc2ccccc2Br)(C(=O)O)CC1.